The summed E-state index contributed by atoms with van der Waals surface area (Å²) in [6.07, 6.45) is 0.957. The van der Waals surface area contributed by atoms with E-state index in [1.165, 1.54) is 0 Å². The van der Waals surface area contributed by atoms with E-state index < -0.39 is 11.8 Å². The maximum Gasteiger partial charge on any atom is 0.203 e. The first kappa shape index (κ1) is 20.0. The molecule has 6 heteroatoms. The number of nitrogens with one attached hydrogen (secondary N) is 1. The number of ketones is 1. The minimum Gasteiger partial charge on any atom is -0.541 e. The third-order valence-electron chi connectivity index (χ3n) is 4.01. The fourth-order valence-electron chi connectivity index (χ4n) is 2.60. The minimum atomic E-state index is -1.79. The molecule has 5 nitrogen and oxygen atoms in total. The van der Waals surface area contributed by atoms with Crippen molar-refractivity contribution >= 4 is 34.8 Å². The molecule has 144 valence electrons. The first-order valence-electron chi connectivity index (χ1n) is 8.72. The maximum absolute atomic E-state index is 11.7. The Balaban J connectivity index is 2.04. The van der Waals surface area contributed by atoms with Crippen molar-refractivity contribution in [3.05, 3.63) is 113 Å². The molecule has 0 saturated carbocycles. The number of hydrogen-bond acceptors (Lipinski definition) is 5. The van der Waals surface area contributed by atoms with Gasteiger partial charge < -0.3 is 9.90 Å². The van der Waals surface area contributed by atoms with Crippen LogP contribution < -0.4 is 10.5 Å². The molecule has 3 rings (SSSR count). The van der Waals surface area contributed by atoms with Gasteiger partial charge in [0.1, 0.15) is 5.97 Å². The molecule has 3 aromatic rings. The molecule has 0 aliphatic rings. The maximum atomic E-state index is 11.7. The van der Waals surface area contributed by atoms with Gasteiger partial charge in [-0.05, 0) is 17.7 Å². The van der Waals surface area contributed by atoms with E-state index in [0.29, 0.717) is 16.3 Å². The van der Waals surface area contributed by atoms with E-state index in [4.69, 9.17) is 11.6 Å². The Morgan fingerprint density at radius 3 is 1.86 bits per heavy atom. The molecule has 0 fully saturated rings. The van der Waals surface area contributed by atoms with Crippen LogP contribution in [-0.4, -0.2) is 17.5 Å². The van der Waals surface area contributed by atoms with E-state index in [9.17, 15) is 14.7 Å². The van der Waals surface area contributed by atoms with Crippen molar-refractivity contribution in [3.63, 3.8) is 0 Å². The lowest BCUT2D eigenvalue weighted by Crippen LogP contribution is -2.30. The Bertz CT molecular complexity index is 1060. The first-order chi connectivity index (χ1) is 14.0. The average molecular weight is 404 g/mol. The van der Waals surface area contributed by atoms with Crippen molar-refractivity contribution < 1.29 is 14.7 Å². The molecule has 0 unspecified atom stereocenters. The van der Waals surface area contributed by atoms with Crippen molar-refractivity contribution in [2.24, 2.45) is 5.10 Å². The number of benzene rings is 3. The van der Waals surface area contributed by atoms with Gasteiger partial charge in [0.25, 0.3) is 0 Å². The zero-order valence-corrected chi connectivity index (χ0v) is 16.0. The number of carbonyl (C=O) groups excluding carboxylic acids is 2. The molecule has 0 atom stereocenters. The van der Waals surface area contributed by atoms with Crippen LogP contribution in [0.5, 0.6) is 0 Å². The Labute approximate surface area is 173 Å². The minimum absolute atomic E-state index is 0.238. The largest absolute Gasteiger partial charge is 0.541 e. The molecule has 0 heterocycles. The Kier molecular flexibility index (Phi) is 6.55. The summed E-state index contributed by atoms with van der Waals surface area (Å²) in [5.41, 5.74) is 5.92. The smallest absolute Gasteiger partial charge is 0.203 e. The van der Waals surface area contributed by atoms with Crippen molar-refractivity contribution in [2.45, 2.75) is 0 Å². The number of nitrogens with zero attached hydrogens (tertiary/aromatic N) is 1. The lowest BCUT2D eigenvalue weighted by Gasteiger charge is -2.12. The molecule has 0 saturated heterocycles. The van der Waals surface area contributed by atoms with Crippen LogP contribution in [0.1, 0.15) is 16.7 Å². The van der Waals surface area contributed by atoms with Crippen LogP contribution in [-0.2, 0) is 9.59 Å². The molecule has 29 heavy (non-hydrogen) atoms. The zero-order chi connectivity index (χ0) is 20.6. The van der Waals surface area contributed by atoms with Gasteiger partial charge in [0.05, 0.1) is 11.4 Å². The fourth-order valence-corrected chi connectivity index (χ4v) is 2.73. The highest BCUT2D eigenvalue weighted by molar-refractivity contribution is 6.37. The van der Waals surface area contributed by atoms with Crippen LogP contribution >= 0.6 is 11.6 Å². The van der Waals surface area contributed by atoms with Crippen LogP contribution in [0.4, 0.5) is 0 Å². The third kappa shape index (κ3) is 5.40. The third-order valence-corrected chi connectivity index (χ3v) is 4.27. The number of carboxylic acids is 1. The normalized spacial score (nSPS) is 11.8. The molecule has 0 bridgehead atoms. The molecule has 3 aromatic carbocycles. The average Bonchev–Trinajstić information content (AvgIpc) is 2.75. The Morgan fingerprint density at radius 2 is 1.31 bits per heavy atom. The number of aliphatic carboxylic acids is 1. The van der Waals surface area contributed by atoms with E-state index in [0.717, 1.165) is 17.2 Å². The van der Waals surface area contributed by atoms with Gasteiger partial charge in [-0.25, -0.2) is 0 Å². The van der Waals surface area contributed by atoms with Gasteiger partial charge in [-0.1, -0.05) is 84.4 Å². The second-order valence-electron chi connectivity index (χ2n) is 6.02. The fraction of sp³-hybridized carbons (Fsp3) is 0. The molecule has 0 aliphatic carbocycles. The summed E-state index contributed by atoms with van der Waals surface area (Å²) in [5, 5.41) is 16.0. The van der Waals surface area contributed by atoms with Crippen molar-refractivity contribution in [1.82, 2.24) is 5.43 Å². The SMILES string of the molecule is O=C([O-])C(=O)C=C(N/N=C(\c1ccccc1)c1ccc(Cl)cc1)c1ccccc1. The number of carbonyl (C=O) groups is 2. The summed E-state index contributed by atoms with van der Waals surface area (Å²) in [6, 6.07) is 25.4. The lowest BCUT2D eigenvalue weighted by atomic mass is 10.0. The van der Waals surface area contributed by atoms with Crippen LogP contribution in [0.2, 0.25) is 5.02 Å². The Morgan fingerprint density at radius 1 is 0.793 bits per heavy atom. The number of rotatable bonds is 7. The van der Waals surface area contributed by atoms with Gasteiger partial charge in [-0.3, -0.25) is 10.2 Å². The van der Waals surface area contributed by atoms with Crippen molar-refractivity contribution in [2.75, 3.05) is 0 Å². The summed E-state index contributed by atoms with van der Waals surface area (Å²) >= 11 is 5.99. The number of hydrazone groups is 1. The van der Waals surface area contributed by atoms with Crippen molar-refractivity contribution in [3.8, 4) is 0 Å². The predicted molar refractivity (Wildman–Crippen MR) is 111 cm³/mol. The van der Waals surface area contributed by atoms with Gasteiger partial charge in [-0.15, -0.1) is 0 Å². The summed E-state index contributed by atoms with van der Waals surface area (Å²) in [5.74, 6) is -2.94. The lowest BCUT2D eigenvalue weighted by molar-refractivity contribution is -0.299. The predicted octanol–water partition coefficient (Wildman–Crippen LogP) is 3.04. The van der Waals surface area contributed by atoms with Crippen LogP contribution in [0.3, 0.4) is 0 Å². The monoisotopic (exact) mass is 403 g/mol. The molecule has 0 aromatic heterocycles. The molecule has 0 aliphatic heterocycles. The summed E-state index contributed by atoms with van der Waals surface area (Å²) in [7, 11) is 0. The summed E-state index contributed by atoms with van der Waals surface area (Å²) in [6.45, 7) is 0. The topological polar surface area (TPSA) is 81.6 Å². The highest BCUT2D eigenvalue weighted by atomic mass is 35.5. The molecule has 1 N–H and O–H groups in total. The van der Waals surface area contributed by atoms with Crippen LogP contribution in [0.15, 0.2) is 96.1 Å². The molecular formula is C23H16ClN2O3-. The van der Waals surface area contributed by atoms with E-state index in [-0.39, 0.29) is 5.70 Å². The first-order valence-corrected chi connectivity index (χ1v) is 9.10. The van der Waals surface area contributed by atoms with E-state index in [1.807, 2.05) is 48.5 Å². The highest BCUT2D eigenvalue weighted by Gasteiger charge is 2.10. The quantitative estimate of drug-likeness (QED) is 0.284. The summed E-state index contributed by atoms with van der Waals surface area (Å²) < 4.78 is 0. The van der Waals surface area contributed by atoms with E-state index in [2.05, 4.69) is 10.5 Å². The second kappa shape index (κ2) is 9.48. The van der Waals surface area contributed by atoms with Crippen LogP contribution in [0.25, 0.3) is 5.70 Å². The zero-order valence-electron chi connectivity index (χ0n) is 15.2. The van der Waals surface area contributed by atoms with Gasteiger partial charge in [0.2, 0.25) is 5.78 Å². The van der Waals surface area contributed by atoms with Gasteiger partial charge in [-0.2, -0.15) is 5.10 Å². The van der Waals surface area contributed by atoms with Gasteiger partial charge >= 0.3 is 0 Å². The summed E-state index contributed by atoms with van der Waals surface area (Å²) in [4.78, 5) is 22.6. The number of hydrogen-bond donors (Lipinski definition) is 1. The molecular weight excluding hydrogens is 388 g/mol. The standard InChI is InChI=1S/C23H17ClN2O3/c24-19-13-11-18(12-14-19)22(17-9-5-2-6-10-17)26-25-20(15-21(27)23(28)29)16-7-3-1-4-8-16/h1-15,25H,(H,28,29)/p-1/b20-15?,26-22+. The van der Waals surface area contributed by atoms with Gasteiger partial charge in [0.15, 0.2) is 0 Å². The molecule has 0 spiro atoms. The second-order valence-corrected chi connectivity index (χ2v) is 6.46. The Hall–Kier alpha value is -3.70. The number of carboxylic acid groups (broad SMARTS) is 1. The molecule has 0 amide bonds. The van der Waals surface area contributed by atoms with Crippen molar-refractivity contribution in [1.29, 1.82) is 0 Å². The van der Waals surface area contributed by atoms with Crippen LogP contribution in [0, 0.1) is 0 Å². The van der Waals surface area contributed by atoms with Gasteiger partial charge in [0, 0.05) is 22.2 Å². The highest BCUT2D eigenvalue weighted by Crippen LogP contribution is 2.16. The van der Waals surface area contributed by atoms with E-state index in [1.54, 1.807) is 36.4 Å². The molecule has 0 radical (unpaired) electrons. The van der Waals surface area contributed by atoms with E-state index >= 15 is 0 Å². The number of halogens is 1.